The summed E-state index contributed by atoms with van der Waals surface area (Å²) in [5, 5.41) is 0. The number of methoxy groups -OCH3 is 1. The topological polar surface area (TPSA) is 52.3 Å². The molecule has 0 heterocycles. The Labute approximate surface area is 97.5 Å². The molecule has 0 aliphatic heterocycles. The zero-order valence-corrected chi connectivity index (χ0v) is 9.65. The number of rotatable bonds is 1. The third-order valence-electron chi connectivity index (χ3n) is 1.85. The van der Waals surface area contributed by atoms with Crippen molar-refractivity contribution in [3.8, 4) is 0 Å². The minimum atomic E-state index is -4.55. The van der Waals surface area contributed by atoms with Gasteiger partial charge in [0.15, 0.2) is 0 Å². The number of halogens is 4. The number of benzene rings is 1. The fourth-order valence-electron chi connectivity index (χ4n) is 1.10. The zero-order valence-electron chi connectivity index (χ0n) is 8.06. The van der Waals surface area contributed by atoms with Crippen LogP contribution in [0.2, 0.25) is 0 Å². The Morgan fingerprint density at radius 1 is 1.44 bits per heavy atom. The van der Waals surface area contributed by atoms with Gasteiger partial charge in [-0.05, 0) is 28.1 Å². The minimum absolute atomic E-state index is 0.0131. The van der Waals surface area contributed by atoms with Crippen LogP contribution in [-0.4, -0.2) is 13.1 Å². The van der Waals surface area contributed by atoms with E-state index in [0.29, 0.717) is 0 Å². The van der Waals surface area contributed by atoms with Crippen molar-refractivity contribution in [2.75, 3.05) is 12.8 Å². The second-order valence-electron chi connectivity index (χ2n) is 2.91. The van der Waals surface area contributed by atoms with Gasteiger partial charge in [-0.15, -0.1) is 0 Å². The molecule has 0 fully saturated rings. The van der Waals surface area contributed by atoms with E-state index < -0.39 is 23.4 Å². The van der Waals surface area contributed by atoms with Crippen molar-refractivity contribution in [2.45, 2.75) is 6.18 Å². The molecule has 0 aliphatic rings. The fourth-order valence-corrected chi connectivity index (χ4v) is 1.61. The Kier molecular flexibility index (Phi) is 3.47. The van der Waals surface area contributed by atoms with E-state index >= 15 is 0 Å². The van der Waals surface area contributed by atoms with Crippen molar-refractivity contribution >= 4 is 27.6 Å². The van der Waals surface area contributed by atoms with Gasteiger partial charge in [0.05, 0.1) is 18.2 Å². The third-order valence-corrected chi connectivity index (χ3v) is 2.51. The summed E-state index contributed by atoms with van der Waals surface area (Å²) < 4.78 is 41.7. The second-order valence-corrected chi connectivity index (χ2v) is 3.76. The van der Waals surface area contributed by atoms with Crippen LogP contribution in [0.5, 0.6) is 0 Å². The number of carbonyl (C=O) groups excluding carboxylic acids is 1. The van der Waals surface area contributed by atoms with Gasteiger partial charge in [0, 0.05) is 10.2 Å². The van der Waals surface area contributed by atoms with Gasteiger partial charge in [0.2, 0.25) is 0 Å². The Balaban J connectivity index is 3.33. The third kappa shape index (κ3) is 2.46. The first kappa shape index (κ1) is 12.8. The van der Waals surface area contributed by atoms with Crippen molar-refractivity contribution < 1.29 is 22.7 Å². The lowest BCUT2D eigenvalue weighted by Gasteiger charge is -2.12. The van der Waals surface area contributed by atoms with Gasteiger partial charge >= 0.3 is 12.1 Å². The molecular weight excluding hydrogens is 291 g/mol. The summed E-state index contributed by atoms with van der Waals surface area (Å²) in [6.07, 6.45) is -4.55. The highest BCUT2D eigenvalue weighted by Gasteiger charge is 2.34. The van der Waals surface area contributed by atoms with E-state index in [-0.39, 0.29) is 10.0 Å². The molecule has 88 valence electrons. The van der Waals surface area contributed by atoms with Gasteiger partial charge in [0.25, 0.3) is 0 Å². The van der Waals surface area contributed by atoms with Crippen molar-refractivity contribution in [3.63, 3.8) is 0 Å². The summed E-state index contributed by atoms with van der Waals surface area (Å²) in [5.74, 6) is -0.757. The molecule has 0 aliphatic carbocycles. The van der Waals surface area contributed by atoms with Gasteiger partial charge in [-0.1, -0.05) is 0 Å². The lowest BCUT2D eigenvalue weighted by Crippen LogP contribution is -2.11. The maximum atomic E-state index is 12.4. The van der Waals surface area contributed by atoms with Gasteiger partial charge in [-0.2, -0.15) is 13.2 Å². The number of anilines is 1. The van der Waals surface area contributed by atoms with Gasteiger partial charge in [0.1, 0.15) is 0 Å². The van der Waals surface area contributed by atoms with Crippen LogP contribution >= 0.6 is 15.9 Å². The Hall–Kier alpha value is -1.24. The molecule has 0 spiro atoms. The first-order chi connectivity index (χ1) is 7.27. The first-order valence-electron chi connectivity index (χ1n) is 4.02. The quantitative estimate of drug-likeness (QED) is 0.640. The average Bonchev–Trinajstić information content (AvgIpc) is 2.18. The molecule has 16 heavy (non-hydrogen) atoms. The predicted molar refractivity (Wildman–Crippen MR) is 54.9 cm³/mol. The van der Waals surface area contributed by atoms with Gasteiger partial charge < -0.3 is 10.5 Å². The number of nitrogens with two attached hydrogens (primary N) is 1. The molecule has 1 rings (SSSR count). The Bertz CT molecular complexity index is 431. The molecule has 0 aromatic heterocycles. The maximum Gasteiger partial charge on any atom is 0.418 e. The lowest BCUT2D eigenvalue weighted by atomic mass is 10.1. The van der Waals surface area contributed by atoms with Crippen molar-refractivity contribution in [3.05, 3.63) is 27.7 Å². The number of ether oxygens (including phenoxy) is 1. The minimum Gasteiger partial charge on any atom is -0.465 e. The number of nitrogen functional groups attached to an aromatic ring is 1. The summed E-state index contributed by atoms with van der Waals surface area (Å²) in [5.41, 5.74) is 3.66. The first-order valence-corrected chi connectivity index (χ1v) is 4.81. The molecule has 0 saturated heterocycles. The van der Waals surface area contributed by atoms with E-state index in [2.05, 4.69) is 20.7 Å². The second kappa shape index (κ2) is 4.32. The number of esters is 1. The van der Waals surface area contributed by atoms with Crippen molar-refractivity contribution in [2.24, 2.45) is 0 Å². The monoisotopic (exact) mass is 297 g/mol. The molecule has 0 saturated carbocycles. The molecule has 0 atom stereocenters. The normalized spacial score (nSPS) is 11.3. The number of carbonyl (C=O) groups is 1. The SMILES string of the molecule is COC(=O)c1cc(N)c(C(F)(F)F)cc1Br. The number of alkyl halides is 3. The molecule has 1 aromatic rings. The summed E-state index contributed by atoms with van der Waals surface area (Å²) in [6, 6.07) is 1.68. The molecule has 0 amide bonds. The number of hydrogen-bond acceptors (Lipinski definition) is 3. The van der Waals surface area contributed by atoms with Crippen LogP contribution in [-0.2, 0) is 10.9 Å². The Morgan fingerprint density at radius 2 is 2.00 bits per heavy atom. The van der Waals surface area contributed by atoms with Crippen LogP contribution < -0.4 is 5.73 Å². The molecule has 0 unspecified atom stereocenters. The van der Waals surface area contributed by atoms with Crippen LogP contribution in [0.4, 0.5) is 18.9 Å². The largest absolute Gasteiger partial charge is 0.465 e. The standard InChI is InChI=1S/C9H7BrF3NO2/c1-16-8(15)4-2-7(14)5(3-6(4)10)9(11,12)13/h2-3H,14H2,1H3. The molecular formula is C9H7BrF3NO2. The summed E-state index contributed by atoms with van der Waals surface area (Å²) in [4.78, 5) is 11.2. The van der Waals surface area contributed by atoms with E-state index in [9.17, 15) is 18.0 Å². The van der Waals surface area contributed by atoms with E-state index in [1.165, 1.54) is 0 Å². The van der Waals surface area contributed by atoms with Crippen LogP contribution in [0.25, 0.3) is 0 Å². The maximum absolute atomic E-state index is 12.4. The van der Waals surface area contributed by atoms with Crippen LogP contribution in [0, 0.1) is 0 Å². The highest BCUT2D eigenvalue weighted by atomic mass is 79.9. The van der Waals surface area contributed by atoms with Crippen molar-refractivity contribution in [1.82, 2.24) is 0 Å². The molecule has 7 heteroatoms. The van der Waals surface area contributed by atoms with Crippen LogP contribution in [0.15, 0.2) is 16.6 Å². The average molecular weight is 298 g/mol. The van der Waals surface area contributed by atoms with Crippen molar-refractivity contribution in [1.29, 1.82) is 0 Å². The van der Waals surface area contributed by atoms with E-state index in [1.807, 2.05) is 0 Å². The van der Waals surface area contributed by atoms with E-state index in [0.717, 1.165) is 19.2 Å². The van der Waals surface area contributed by atoms with E-state index in [4.69, 9.17) is 5.73 Å². The smallest absolute Gasteiger partial charge is 0.418 e. The fraction of sp³-hybridized carbons (Fsp3) is 0.222. The highest BCUT2D eigenvalue weighted by molar-refractivity contribution is 9.10. The molecule has 0 radical (unpaired) electrons. The van der Waals surface area contributed by atoms with Crippen LogP contribution in [0.3, 0.4) is 0 Å². The zero-order chi connectivity index (χ0) is 12.5. The van der Waals surface area contributed by atoms with Gasteiger partial charge in [-0.3, -0.25) is 0 Å². The number of hydrogen-bond donors (Lipinski definition) is 1. The van der Waals surface area contributed by atoms with Gasteiger partial charge in [-0.25, -0.2) is 4.79 Å². The summed E-state index contributed by atoms with van der Waals surface area (Å²) >= 11 is 2.86. The molecule has 1 aromatic carbocycles. The summed E-state index contributed by atoms with van der Waals surface area (Å²) in [6.45, 7) is 0. The highest BCUT2D eigenvalue weighted by Crippen LogP contribution is 2.36. The molecule has 2 N–H and O–H groups in total. The van der Waals surface area contributed by atoms with E-state index in [1.54, 1.807) is 0 Å². The predicted octanol–water partition coefficient (Wildman–Crippen LogP) is 2.84. The van der Waals surface area contributed by atoms with Crippen LogP contribution in [0.1, 0.15) is 15.9 Å². The summed E-state index contributed by atoms with van der Waals surface area (Å²) in [7, 11) is 1.13. The lowest BCUT2D eigenvalue weighted by molar-refractivity contribution is -0.137. The molecule has 3 nitrogen and oxygen atoms in total. The Morgan fingerprint density at radius 3 is 2.44 bits per heavy atom. The molecule has 0 bridgehead atoms.